The van der Waals surface area contributed by atoms with Gasteiger partial charge in [0.15, 0.2) is 0 Å². The van der Waals surface area contributed by atoms with Gasteiger partial charge in [0.1, 0.15) is 11.4 Å². The van der Waals surface area contributed by atoms with Crippen LogP contribution in [0.15, 0.2) is 28.7 Å². The molecule has 2 N–H and O–H groups in total. The molecule has 1 aromatic heterocycles. The van der Waals surface area contributed by atoms with E-state index in [4.69, 9.17) is 10.5 Å². The molecule has 2 rings (SSSR count). The van der Waals surface area contributed by atoms with E-state index in [0.29, 0.717) is 11.6 Å². The Kier molecular flexibility index (Phi) is 3.38. The summed E-state index contributed by atoms with van der Waals surface area (Å²) in [4.78, 5) is 0. The minimum Gasteiger partial charge on any atom is -0.437 e. The van der Waals surface area contributed by atoms with Crippen LogP contribution < -0.4 is 10.5 Å². The normalized spacial score (nSPS) is 10.5. The Morgan fingerprint density at radius 3 is 2.88 bits per heavy atom. The Bertz CT molecular complexity index is 537. The molecule has 0 amide bonds. The summed E-state index contributed by atoms with van der Waals surface area (Å²) >= 11 is 3.40. The molecule has 0 saturated heterocycles. The first kappa shape index (κ1) is 12.0. The smallest absolute Gasteiger partial charge is 0.241 e. The van der Waals surface area contributed by atoms with Crippen LogP contribution >= 0.6 is 15.9 Å². The molecule has 0 fully saturated rings. The highest BCUT2D eigenvalue weighted by Crippen LogP contribution is 2.30. The Morgan fingerprint density at radius 2 is 2.24 bits per heavy atom. The third-order valence-electron chi connectivity index (χ3n) is 2.44. The van der Waals surface area contributed by atoms with Crippen LogP contribution in [0.25, 0.3) is 0 Å². The molecular weight excluding hydrogens is 282 g/mol. The highest BCUT2D eigenvalue weighted by atomic mass is 79.9. The van der Waals surface area contributed by atoms with Gasteiger partial charge in [0.2, 0.25) is 5.88 Å². The maximum atomic E-state index is 5.94. The molecule has 90 valence electrons. The zero-order chi connectivity index (χ0) is 12.4. The number of rotatable bonds is 3. The van der Waals surface area contributed by atoms with Gasteiger partial charge in [-0.2, -0.15) is 5.10 Å². The van der Waals surface area contributed by atoms with Crippen molar-refractivity contribution in [3.63, 3.8) is 0 Å². The molecule has 0 atom stereocenters. The number of hydrogen-bond donors (Lipinski definition) is 1. The third-order valence-corrected chi connectivity index (χ3v) is 2.93. The molecule has 1 aromatic carbocycles. The zero-order valence-corrected chi connectivity index (χ0v) is 11.4. The van der Waals surface area contributed by atoms with Gasteiger partial charge in [-0.15, -0.1) is 0 Å². The maximum Gasteiger partial charge on any atom is 0.241 e. The first-order valence-corrected chi connectivity index (χ1v) is 6.17. The van der Waals surface area contributed by atoms with E-state index in [1.54, 1.807) is 4.68 Å². The van der Waals surface area contributed by atoms with Gasteiger partial charge in [-0.05, 0) is 32.0 Å². The lowest BCUT2D eigenvalue weighted by Crippen LogP contribution is -2.00. The van der Waals surface area contributed by atoms with Crippen LogP contribution in [-0.2, 0) is 6.54 Å². The van der Waals surface area contributed by atoms with Gasteiger partial charge < -0.3 is 10.5 Å². The van der Waals surface area contributed by atoms with E-state index in [2.05, 4.69) is 21.0 Å². The molecular formula is C12H14BrN3O. The molecule has 0 spiro atoms. The van der Waals surface area contributed by atoms with Gasteiger partial charge in [-0.1, -0.05) is 22.0 Å². The van der Waals surface area contributed by atoms with Gasteiger partial charge in [0.25, 0.3) is 0 Å². The average molecular weight is 296 g/mol. The van der Waals surface area contributed by atoms with E-state index >= 15 is 0 Å². The van der Waals surface area contributed by atoms with Gasteiger partial charge in [-0.3, -0.25) is 0 Å². The quantitative estimate of drug-likeness (QED) is 0.945. The highest BCUT2D eigenvalue weighted by Gasteiger charge is 2.13. The summed E-state index contributed by atoms with van der Waals surface area (Å²) < 4.78 is 8.50. The van der Waals surface area contributed by atoms with Crippen LogP contribution in [0, 0.1) is 6.92 Å². The van der Waals surface area contributed by atoms with Crippen molar-refractivity contribution in [3.8, 4) is 11.6 Å². The Morgan fingerprint density at radius 1 is 1.47 bits per heavy atom. The van der Waals surface area contributed by atoms with Gasteiger partial charge in [-0.25, -0.2) is 4.68 Å². The number of benzene rings is 1. The standard InChI is InChI=1S/C12H14BrN3O/c1-3-16-12(11(14)8(2)15-16)17-10-6-4-5-9(13)7-10/h4-7H,3,14H2,1-2H3. The minimum atomic E-state index is 0.590. The monoisotopic (exact) mass is 295 g/mol. The van der Waals surface area contributed by atoms with Gasteiger partial charge >= 0.3 is 0 Å². The number of halogens is 1. The zero-order valence-electron chi connectivity index (χ0n) is 9.77. The van der Waals surface area contributed by atoms with Crippen molar-refractivity contribution in [3.05, 3.63) is 34.4 Å². The molecule has 4 nitrogen and oxygen atoms in total. The molecule has 2 aromatic rings. The molecule has 0 saturated carbocycles. The van der Waals surface area contributed by atoms with E-state index < -0.39 is 0 Å². The molecule has 0 aliphatic rings. The molecule has 17 heavy (non-hydrogen) atoms. The van der Waals surface area contributed by atoms with Crippen molar-refractivity contribution < 1.29 is 4.74 Å². The van der Waals surface area contributed by atoms with Crippen LogP contribution in [0.5, 0.6) is 11.6 Å². The summed E-state index contributed by atoms with van der Waals surface area (Å²) in [5.74, 6) is 1.34. The number of nitrogen functional groups attached to an aromatic ring is 1. The fourth-order valence-corrected chi connectivity index (χ4v) is 1.92. The van der Waals surface area contributed by atoms with Crippen LogP contribution in [0.3, 0.4) is 0 Å². The fourth-order valence-electron chi connectivity index (χ4n) is 1.54. The second-order valence-electron chi connectivity index (χ2n) is 3.68. The number of nitrogens with zero attached hydrogens (tertiary/aromatic N) is 2. The van der Waals surface area contributed by atoms with E-state index in [1.165, 1.54) is 0 Å². The summed E-state index contributed by atoms with van der Waals surface area (Å²) in [6.45, 7) is 4.59. The number of aromatic nitrogens is 2. The van der Waals surface area contributed by atoms with Crippen LogP contribution in [0.4, 0.5) is 5.69 Å². The minimum absolute atomic E-state index is 0.590. The van der Waals surface area contributed by atoms with E-state index in [-0.39, 0.29) is 0 Å². The maximum absolute atomic E-state index is 5.94. The molecule has 0 bridgehead atoms. The summed E-state index contributed by atoms with van der Waals surface area (Å²) in [7, 11) is 0. The largest absolute Gasteiger partial charge is 0.437 e. The highest BCUT2D eigenvalue weighted by molar-refractivity contribution is 9.10. The summed E-state index contributed by atoms with van der Waals surface area (Å²) in [5.41, 5.74) is 7.32. The fraction of sp³-hybridized carbons (Fsp3) is 0.250. The van der Waals surface area contributed by atoms with Gasteiger partial charge in [0, 0.05) is 11.0 Å². The predicted octanol–water partition coefficient (Wildman–Crippen LogP) is 3.35. The van der Waals surface area contributed by atoms with Crippen molar-refractivity contribution in [1.82, 2.24) is 9.78 Å². The number of aryl methyl sites for hydroxylation is 2. The molecule has 5 heteroatoms. The van der Waals surface area contributed by atoms with Crippen LogP contribution in [0.2, 0.25) is 0 Å². The molecule has 0 unspecified atom stereocenters. The first-order chi connectivity index (χ1) is 8.11. The van der Waals surface area contributed by atoms with Crippen LogP contribution in [0.1, 0.15) is 12.6 Å². The lowest BCUT2D eigenvalue weighted by Gasteiger charge is -2.08. The average Bonchev–Trinajstić information content (AvgIpc) is 2.57. The molecule has 0 radical (unpaired) electrons. The van der Waals surface area contributed by atoms with Crippen molar-refractivity contribution in [2.24, 2.45) is 0 Å². The lowest BCUT2D eigenvalue weighted by molar-refractivity contribution is 0.418. The lowest BCUT2D eigenvalue weighted by atomic mass is 10.3. The predicted molar refractivity (Wildman–Crippen MR) is 71.3 cm³/mol. The number of nitrogens with two attached hydrogens (primary N) is 1. The van der Waals surface area contributed by atoms with Crippen molar-refractivity contribution in [2.75, 3.05) is 5.73 Å². The second-order valence-corrected chi connectivity index (χ2v) is 4.60. The summed E-state index contributed by atoms with van der Waals surface area (Å²) in [6, 6.07) is 7.63. The second kappa shape index (κ2) is 4.79. The Balaban J connectivity index is 2.35. The third kappa shape index (κ3) is 2.44. The van der Waals surface area contributed by atoms with Crippen molar-refractivity contribution in [2.45, 2.75) is 20.4 Å². The van der Waals surface area contributed by atoms with E-state index in [0.717, 1.165) is 22.5 Å². The summed E-state index contributed by atoms with van der Waals surface area (Å²) in [6.07, 6.45) is 0. The van der Waals surface area contributed by atoms with E-state index in [9.17, 15) is 0 Å². The Hall–Kier alpha value is -1.49. The SMILES string of the molecule is CCn1nc(C)c(N)c1Oc1cccc(Br)c1. The molecule has 0 aliphatic heterocycles. The molecule has 1 heterocycles. The van der Waals surface area contributed by atoms with Crippen LogP contribution in [-0.4, -0.2) is 9.78 Å². The number of ether oxygens (including phenoxy) is 1. The number of anilines is 1. The van der Waals surface area contributed by atoms with E-state index in [1.807, 2.05) is 38.1 Å². The van der Waals surface area contributed by atoms with Gasteiger partial charge in [0.05, 0.1) is 5.69 Å². The topological polar surface area (TPSA) is 53.1 Å². The summed E-state index contributed by atoms with van der Waals surface area (Å²) in [5, 5.41) is 4.30. The number of hydrogen-bond acceptors (Lipinski definition) is 3. The molecule has 0 aliphatic carbocycles. The van der Waals surface area contributed by atoms with Crippen molar-refractivity contribution in [1.29, 1.82) is 0 Å². The van der Waals surface area contributed by atoms with Crippen molar-refractivity contribution >= 4 is 21.6 Å². The first-order valence-electron chi connectivity index (χ1n) is 5.38. The Labute approximate surface area is 109 Å².